The molecule has 2 rings (SSSR count). The molecule has 0 bridgehead atoms. The Hall–Kier alpha value is -2.30. The maximum atomic E-state index is 12.4. The topological polar surface area (TPSA) is 56.1 Å². The van der Waals surface area contributed by atoms with Crippen molar-refractivity contribution in [2.45, 2.75) is 40.2 Å². The molecule has 0 aliphatic carbocycles. The van der Waals surface area contributed by atoms with Crippen LogP contribution in [0.2, 0.25) is 0 Å². The van der Waals surface area contributed by atoms with Gasteiger partial charge in [-0.15, -0.1) is 0 Å². The average molecular weight is 315 g/mol. The lowest BCUT2D eigenvalue weighted by atomic mass is 10.1. The van der Waals surface area contributed by atoms with Crippen LogP contribution >= 0.6 is 0 Å². The van der Waals surface area contributed by atoms with Crippen LogP contribution in [0.15, 0.2) is 36.7 Å². The Kier molecular flexibility index (Phi) is 5.08. The van der Waals surface area contributed by atoms with Crippen molar-refractivity contribution in [1.82, 2.24) is 9.78 Å². The van der Waals surface area contributed by atoms with E-state index in [-0.39, 0.29) is 11.4 Å². The Labute approximate surface area is 137 Å². The van der Waals surface area contributed by atoms with Crippen LogP contribution in [0.3, 0.4) is 0 Å². The fraction of sp³-hybridized carbons (Fsp3) is 0.444. The lowest BCUT2D eigenvalue weighted by Gasteiger charge is -2.18. The molecular weight excluding hydrogens is 290 g/mol. The van der Waals surface area contributed by atoms with Crippen LogP contribution in [0.25, 0.3) is 0 Å². The first kappa shape index (κ1) is 17.1. The Morgan fingerprint density at radius 1 is 1.35 bits per heavy atom. The van der Waals surface area contributed by atoms with Crippen LogP contribution in [-0.2, 0) is 5.54 Å². The van der Waals surface area contributed by atoms with Gasteiger partial charge in [-0.25, -0.2) is 0 Å². The molecule has 0 spiro atoms. The Morgan fingerprint density at radius 2 is 2.09 bits per heavy atom. The smallest absolute Gasteiger partial charge is 0.255 e. The first-order valence-corrected chi connectivity index (χ1v) is 7.85. The number of hydrogen-bond acceptors (Lipinski definition) is 3. The molecular formula is C18H25N3O2. The number of carbonyl (C=O) groups is 1. The first-order chi connectivity index (χ1) is 10.8. The van der Waals surface area contributed by atoms with E-state index in [9.17, 15) is 4.79 Å². The predicted molar refractivity (Wildman–Crippen MR) is 92.0 cm³/mol. The number of rotatable bonds is 5. The molecule has 0 aliphatic heterocycles. The van der Waals surface area contributed by atoms with Gasteiger partial charge in [0.1, 0.15) is 5.75 Å². The van der Waals surface area contributed by atoms with Gasteiger partial charge >= 0.3 is 0 Å². The van der Waals surface area contributed by atoms with Gasteiger partial charge in [0.2, 0.25) is 0 Å². The van der Waals surface area contributed by atoms with Gasteiger partial charge in [-0.2, -0.15) is 5.10 Å². The molecule has 1 aromatic carbocycles. The van der Waals surface area contributed by atoms with Gasteiger partial charge in [-0.05, 0) is 44.9 Å². The maximum absolute atomic E-state index is 12.4. The van der Waals surface area contributed by atoms with Gasteiger partial charge < -0.3 is 10.1 Å². The highest BCUT2D eigenvalue weighted by Gasteiger charge is 2.15. The molecule has 1 aromatic heterocycles. The third kappa shape index (κ3) is 4.84. The second-order valence-electron chi connectivity index (χ2n) is 7.03. The monoisotopic (exact) mass is 315 g/mol. The number of amides is 1. The van der Waals surface area contributed by atoms with Crippen LogP contribution in [0.4, 0.5) is 5.69 Å². The van der Waals surface area contributed by atoms with E-state index in [0.29, 0.717) is 29.5 Å². The van der Waals surface area contributed by atoms with Gasteiger partial charge in [0.05, 0.1) is 24.0 Å². The fourth-order valence-electron chi connectivity index (χ4n) is 1.95. The minimum Gasteiger partial charge on any atom is -0.493 e. The van der Waals surface area contributed by atoms with Gasteiger partial charge in [-0.1, -0.05) is 19.9 Å². The van der Waals surface area contributed by atoms with Gasteiger partial charge in [0.25, 0.3) is 5.91 Å². The summed E-state index contributed by atoms with van der Waals surface area (Å²) in [5.74, 6) is 0.973. The van der Waals surface area contributed by atoms with Gasteiger partial charge in [-0.3, -0.25) is 9.48 Å². The molecule has 2 aromatic rings. The molecule has 0 atom stereocenters. The van der Waals surface area contributed by atoms with Crippen molar-refractivity contribution in [2.24, 2.45) is 5.92 Å². The van der Waals surface area contributed by atoms with Crippen LogP contribution in [0.1, 0.15) is 45.0 Å². The van der Waals surface area contributed by atoms with E-state index in [2.05, 4.69) is 45.0 Å². The maximum Gasteiger partial charge on any atom is 0.255 e. The van der Waals surface area contributed by atoms with E-state index in [1.165, 1.54) is 0 Å². The lowest BCUT2D eigenvalue weighted by Crippen LogP contribution is -2.22. The zero-order valence-electron chi connectivity index (χ0n) is 14.5. The average Bonchev–Trinajstić information content (AvgIpc) is 2.94. The van der Waals surface area contributed by atoms with E-state index in [1.807, 2.05) is 23.0 Å². The highest BCUT2D eigenvalue weighted by atomic mass is 16.5. The molecule has 1 amide bonds. The minimum atomic E-state index is -0.173. The molecule has 5 heteroatoms. The molecule has 0 saturated heterocycles. The molecule has 23 heavy (non-hydrogen) atoms. The highest BCUT2D eigenvalue weighted by Crippen LogP contribution is 2.18. The summed E-state index contributed by atoms with van der Waals surface area (Å²) in [5.41, 5.74) is 1.13. The van der Waals surface area contributed by atoms with Crippen LogP contribution < -0.4 is 10.1 Å². The molecule has 0 unspecified atom stereocenters. The van der Waals surface area contributed by atoms with E-state index in [1.54, 1.807) is 18.3 Å². The number of benzene rings is 1. The number of carbonyl (C=O) groups excluding carboxylic acids is 1. The van der Waals surface area contributed by atoms with Crippen LogP contribution in [0, 0.1) is 5.92 Å². The summed E-state index contributed by atoms with van der Waals surface area (Å²) in [6.07, 6.45) is 3.49. The van der Waals surface area contributed by atoms with Crippen molar-refractivity contribution >= 4 is 11.6 Å². The molecule has 124 valence electrons. The molecule has 0 fully saturated rings. The van der Waals surface area contributed by atoms with E-state index in [4.69, 9.17) is 4.74 Å². The number of aromatic nitrogens is 2. The minimum absolute atomic E-state index is 0.117. The number of hydrogen-bond donors (Lipinski definition) is 1. The second kappa shape index (κ2) is 6.86. The largest absolute Gasteiger partial charge is 0.493 e. The van der Waals surface area contributed by atoms with Crippen molar-refractivity contribution in [3.63, 3.8) is 0 Å². The fourth-order valence-corrected chi connectivity index (χ4v) is 1.95. The number of nitrogens with one attached hydrogen (secondary N) is 1. The standard InChI is InChI=1S/C18H25N3O2/c1-13(2)12-23-16-8-6-7-14(9-16)17(22)20-15-10-19-21(11-15)18(3,4)5/h6-11,13H,12H2,1-5H3,(H,20,22). The highest BCUT2D eigenvalue weighted by molar-refractivity contribution is 6.04. The number of ether oxygens (including phenoxy) is 1. The summed E-state index contributed by atoms with van der Waals surface area (Å²) in [4.78, 5) is 12.4. The normalized spacial score (nSPS) is 11.6. The zero-order chi connectivity index (χ0) is 17.0. The second-order valence-corrected chi connectivity index (χ2v) is 7.03. The Bertz CT molecular complexity index is 669. The van der Waals surface area contributed by atoms with E-state index >= 15 is 0 Å². The first-order valence-electron chi connectivity index (χ1n) is 7.85. The summed E-state index contributed by atoms with van der Waals surface area (Å²) in [6.45, 7) is 11.0. The third-order valence-electron chi connectivity index (χ3n) is 3.21. The number of anilines is 1. The Morgan fingerprint density at radius 3 is 2.70 bits per heavy atom. The quantitative estimate of drug-likeness (QED) is 0.909. The number of nitrogens with zero attached hydrogens (tertiary/aromatic N) is 2. The molecule has 0 aliphatic rings. The molecule has 1 heterocycles. The van der Waals surface area contributed by atoms with Crippen LogP contribution in [0.5, 0.6) is 5.75 Å². The van der Waals surface area contributed by atoms with Crippen molar-refractivity contribution in [3.05, 3.63) is 42.2 Å². The molecule has 0 radical (unpaired) electrons. The summed E-state index contributed by atoms with van der Waals surface area (Å²) in [5, 5.41) is 7.14. The SMILES string of the molecule is CC(C)COc1cccc(C(=O)Nc2cnn(C(C)(C)C)c2)c1. The van der Waals surface area contributed by atoms with Crippen molar-refractivity contribution in [3.8, 4) is 5.75 Å². The summed E-state index contributed by atoms with van der Waals surface area (Å²) < 4.78 is 7.48. The van der Waals surface area contributed by atoms with Crippen LogP contribution in [-0.4, -0.2) is 22.3 Å². The lowest BCUT2D eigenvalue weighted by molar-refractivity contribution is 0.102. The zero-order valence-corrected chi connectivity index (χ0v) is 14.5. The third-order valence-corrected chi connectivity index (χ3v) is 3.21. The van der Waals surface area contributed by atoms with Crippen molar-refractivity contribution in [1.29, 1.82) is 0 Å². The Balaban J connectivity index is 2.06. The van der Waals surface area contributed by atoms with E-state index < -0.39 is 0 Å². The summed E-state index contributed by atoms with van der Waals surface area (Å²) in [6, 6.07) is 7.21. The summed E-state index contributed by atoms with van der Waals surface area (Å²) in [7, 11) is 0. The van der Waals surface area contributed by atoms with Crippen molar-refractivity contribution in [2.75, 3.05) is 11.9 Å². The van der Waals surface area contributed by atoms with E-state index in [0.717, 1.165) is 0 Å². The summed E-state index contributed by atoms with van der Waals surface area (Å²) >= 11 is 0. The molecule has 5 nitrogen and oxygen atoms in total. The molecule has 1 N–H and O–H groups in total. The van der Waals surface area contributed by atoms with Gasteiger partial charge in [0.15, 0.2) is 0 Å². The predicted octanol–water partition coefficient (Wildman–Crippen LogP) is 3.93. The van der Waals surface area contributed by atoms with Gasteiger partial charge in [0, 0.05) is 11.8 Å². The van der Waals surface area contributed by atoms with Crippen molar-refractivity contribution < 1.29 is 9.53 Å². The molecule has 0 saturated carbocycles.